The summed E-state index contributed by atoms with van der Waals surface area (Å²) in [5.74, 6) is -0.479. The fraction of sp³-hybridized carbons (Fsp3) is 0.100. The van der Waals surface area contributed by atoms with Crippen molar-refractivity contribution in [2.24, 2.45) is 5.10 Å². The van der Waals surface area contributed by atoms with Crippen LogP contribution in [0, 0.1) is 20.2 Å². The number of halogens is 3. The molecule has 0 aliphatic heterocycles. The van der Waals surface area contributed by atoms with Crippen LogP contribution in [0.2, 0.25) is 0 Å². The number of fused-ring (bicyclic) bond motifs is 1. The van der Waals surface area contributed by atoms with Gasteiger partial charge in [0.05, 0.1) is 39.6 Å². The summed E-state index contributed by atoms with van der Waals surface area (Å²) < 4.78 is 52.2. The number of nitro benzene ring substituents is 2. The Labute approximate surface area is 250 Å². The van der Waals surface area contributed by atoms with Crippen molar-refractivity contribution in [3.63, 3.8) is 0 Å². The molecule has 0 saturated carbocycles. The van der Waals surface area contributed by atoms with Gasteiger partial charge in [0, 0.05) is 29.3 Å². The zero-order chi connectivity index (χ0) is 32.3. The van der Waals surface area contributed by atoms with Gasteiger partial charge in [-0.15, -0.1) is 0 Å². The van der Waals surface area contributed by atoms with E-state index in [0.29, 0.717) is 5.56 Å². The van der Waals surface area contributed by atoms with Gasteiger partial charge in [-0.2, -0.15) is 22.9 Å². The maximum Gasteiger partial charge on any atom is 0.416 e. The van der Waals surface area contributed by atoms with Crippen LogP contribution in [0.5, 0.6) is 11.5 Å². The highest BCUT2D eigenvalue weighted by atomic mass is 19.4. The Morgan fingerprint density at radius 3 is 2.36 bits per heavy atom. The quantitative estimate of drug-likeness (QED) is 0.105. The highest BCUT2D eigenvalue weighted by Gasteiger charge is 2.31. The largest absolute Gasteiger partial charge is 0.493 e. The van der Waals surface area contributed by atoms with Gasteiger partial charge in [0.2, 0.25) is 5.75 Å². The molecule has 12 nitrogen and oxygen atoms in total. The molecule has 15 heteroatoms. The lowest BCUT2D eigenvalue weighted by molar-refractivity contribution is -0.386. The summed E-state index contributed by atoms with van der Waals surface area (Å²) >= 11 is 0. The second-order valence-corrected chi connectivity index (χ2v) is 9.43. The predicted octanol–water partition coefficient (Wildman–Crippen LogP) is 6.37. The number of hydrogen-bond acceptors (Lipinski definition) is 9. The number of methoxy groups -OCH3 is 1. The second kappa shape index (κ2) is 12.2. The first kappa shape index (κ1) is 30.3. The van der Waals surface area contributed by atoms with Crippen LogP contribution in [-0.2, 0) is 12.8 Å². The van der Waals surface area contributed by atoms with E-state index in [1.165, 1.54) is 61.7 Å². The fourth-order valence-electron chi connectivity index (χ4n) is 4.36. The number of benzene rings is 4. The molecule has 0 fully saturated rings. The Morgan fingerprint density at radius 1 is 0.956 bits per heavy atom. The number of nitrogens with zero attached hydrogens (tertiary/aromatic N) is 5. The zero-order valence-corrected chi connectivity index (χ0v) is 23.1. The van der Waals surface area contributed by atoms with Gasteiger partial charge in [0.1, 0.15) is 6.61 Å². The van der Waals surface area contributed by atoms with Crippen LogP contribution in [0.15, 0.2) is 94.8 Å². The van der Waals surface area contributed by atoms with Gasteiger partial charge in [0.15, 0.2) is 11.6 Å². The van der Waals surface area contributed by atoms with Gasteiger partial charge in [-0.05, 0) is 48.0 Å². The number of non-ortho nitro benzene ring substituents is 1. The van der Waals surface area contributed by atoms with Crippen LogP contribution in [0.3, 0.4) is 0 Å². The van der Waals surface area contributed by atoms with Gasteiger partial charge in [-0.3, -0.25) is 25.0 Å². The van der Waals surface area contributed by atoms with E-state index < -0.39 is 32.8 Å². The van der Waals surface area contributed by atoms with Crippen molar-refractivity contribution in [2.75, 3.05) is 7.11 Å². The Kier molecular flexibility index (Phi) is 8.25. The van der Waals surface area contributed by atoms with Crippen molar-refractivity contribution >= 4 is 28.5 Å². The maximum absolute atomic E-state index is 13.5. The number of rotatable bonds is 9. The molecule has 1 heterocycles. The smallest absolute Gasteiger partial charge is 0.416 e. The number of nitro groups is 2. The lowest BCUT2D eigenvalue weighted by Gasteiger charge is -2.13. The summed E-state index contributed by atoms with van der Waals surface area (Å²) in [4.78, 5) is 39.5. The third-order valence-electron chi connectivity index (χ3n) is 6.53. The molecule has 0 N–H and O–H groups in total. The van der Waals surface area contributed by atoms with E-state index in [2.05, 4.69) is 10.1 Å². The van der Waals surface area contributed by atoms with Gasteiger partial charge >= 0.3 is 11.9 Å². The first-order valence-electron chi connectivity index (χ1n) is 12.9. The van der Waals surface area contributed by atoms with E-state index >= 15 is 0 Å². The standard InChI is InChI=1S/C30H20F3N5O7/c1-44-26-14-19(13-25(38(42)43)27(26)45-17-18-9-11-22(12-10-18)37(40)41)16-34-36-28(20-5-4-6-21(15-20)30(31,32)33)35-24-8-3-2-7-23(24)29(36)39/h2-16H,17H2,1H3. The van der Waals surface area contributed by atoms with Crippen LogP contribution in [0.25, 0.3) is 22.3 Å². The summed E-state index contributed by atoms with van der Waals surface area (Å²) in [6, 6.07) is 18.4. The Bertz CT molecular complexity index is 2030. The van der Waals surface area contributed by atoms with E-state index in [-0.39, 0.29) is 51.6 Å². The second-order valence-electron chi connectivity index (χ2n) is 9.43. The molecule has 0 amide bonds. The number of hydrogen-bond donors (Lipinski definition) is 0. The minimum absolute atomic E-state index is 0.0385. The first-order valence-corrected chi connectivity index (χ1v) is 12.9. The summed E-state index contributed by atoms with van der Waals surface area (Å²) in [6.07, 6.45) is -3.55. The number of ether oxygens (including phenoxy) is 2. The van der Waals surface area contributed by atoms with Crippen LogP contribution in [0.1, 0.15) is 16.7 Å². The normalized spacial score (nSPS) is 11.6. The van der Waals surface area contributed by atoms with Crippen molar-refractivity contribution in [1.82, 2.24) is 9.66 Å². The van der Waals surface area contributed by atoms with E-state index in [0.717, 1.165) is 29.1 Å². The molecule has 0 spiro atoms. The van der Waals surface area contributed by atoms with E-state index in [4.69, 9.17) is 9.47 Å². The molecular formula is C30H20F3N5O7. The van der Waals surface area contributed by atoms with Crippen molar-refractivity contribution in [3.05, 3.63) is 132 Å². The van der Waals surface area contributed by atoms with Gasteiger partial charge in [-0.25, -0.2) is 4.98 Å². The van der Waals surface area contributed by atoms with E-state index in [1.54, 1.807) is 12.1 Å². The van der Waals surface area contributed by atoms with Gasteiger partial charge < -0.3 is 9.47 Å². The Morgan fingerprint density at radius 2 is 1.69 bits per heavy atom. The van der Waals surface area contributed by atoms with Crippen LogP contribution in [-0.4, -0.2) is 32.8 Å². The average molecular weight is 620 g/mol. The van der Waals surface area contributed by atoms with Crippen molar-refractivity contribution in [2.45, 2.75) is 12.8 Å². The molecule has 5 rings (SSSR count). The average Bonchev–Trinajstić information content (AvgIpc) is 3.02. The van der Waals surface area contributed by atoms with Gasteiger partial charge in [0.25, 0.3) is 11.2 Å². The molecule has 0 bridgehead atoms. The number of para-hydroxylation sites is 1. The summed E-state index contributed by atoms with van der Waals surface area (Å²) in [7, 11) is 1.25. The monoisotopic (exact) mass is 619 g/mol. The number of alkyl halides is 3. The lowest BCUT2D eigenvalue weighted by Crippen LogP contribution is -2.20. The van der Waals surface area contributed by atoms with E-state index in [1.807, 2.05) is 0 Å². The zero-order valence-electron chi connectivity index (χ0n) is 23.1. The molecular weight excluding hydrogens is 599 g/mol. The van der Waals surface area contributed by atoms with Gasteiger partial charge in [-0.1, -0.05) is 24.3 Å². The molecule has 0 aliphatic carbocycles. The minimum Gasteiger partial charge on any atom is -0.493 e. The Balaban J connectivity index is 1.56. The highest BCUT2D eigenvalue weighted by molar-refractivity contribution is 5.84. The fourth-order valence-corrected chi connectivity index (χ4v) is 4.36. The summed E-state index contributed by atoms with van der Waals surface area (Å²) in [6.45, 7) is -0.179. The van der Waals surface area contributed by atoms with Crippen LogP contribution in [0.4, 0.5) is 24.5 Å². The minimum atomic E-state index is -4.65. The van der Waals surface area contributed by atoms with Crippen molar-refractivity contribution in [3.8, 4) is 22.9 Å². The molecule has 0 atom stereocenters. The Hall–Kier alpha value is -6.12. The molecule has 4 aromatic carbocycles. The molecule has 5 aromatic rings. The molecule has 228 valence electrons. The maximum atomic E-state index is 13.5. The first-order chi connectivity index (χ1) is 21.5. The topological polar surface area (TPSA) is 152 Å². The molecule has 0 unspecified atom stereocenters. The molecule has 0 aliphatic rings. The summed E-state index contributed by atoms with van der Waals surface area (Å²) in [5, 5.41) is 27.2. The summed E-state index contributed by atoms with van der Waals surface area (Å²) in [5.41, 5.74) is -1.51. The lowest BCUT2D eigenvalue weighted by atomic mass is 10.1. The van der Waals surface area contributed by atoms with Crippen molar-refractivity contribution < 1.29 is 32.5 Å². The predicted molar refractivity (Wildman–Crippen MR) is 157 cm³/mol. The van der Waals surface area contributed by atoms with E-state index in [9.17, 15) is 38.2 Å². The highest BCUT2D eigenvalue weighted by Crippen LogP contribution is 2.39. The SMILES string of the molecule is COc1cc(C=Nn2c(-c3cccc(C(F)(F)F)c3)nc3ccccc3c2=O)cc([N+](=O)[O-])c1OCc1ccc([N+](=O)[O-])cc1. The third-order valence-corrected chi connectivity index (χ3v) is 6.53. The number of aromatic nitrogens is 2. The van der Waals surface area contributed by atoms with Crippen molar-refractivity contribution in [1.29, 1.82) is 0 Å². The van der Waals surface area contributed by atoms with Crippen LogP contribution < -0.4 is 15.0 Å². The molecule has 45 heavy (non-hydrogen) atoms. The third kappa shape index (κ3) is 6.46. The molecule has 1 aromatic heterocycles. The molecule has 0 radical (unpaired) electrons. The van der Waals surface area contributed by atoms with Crippen LogP contribution >= 0.6 is 0 Å². The molecule has 0 saturated heterocycles.